The molecule has 0 bridgehead atoms. The second kappa shape index (κ2) is 7.89. The van der Waals surface area contributed by atoms with Gasteiger partial charge >= 0.3 is 0 Å². The van der Waals surface area contributed by atoms with Crippen molar-refractivity contribution in [1.29, 1.82) is 0 Å². The Bertz CT molecular complexity index is 898. The van der Waals surface area contributed by atoms with Gasteiger partial charge in [0.05, 0.1) is 17.7 Å². The third kappa shape index (κ3) is 3.65. The van der Waals surface area contributed by atoms with Gasteiger partial charge in [0.2, 0.25) is 0 Å². The summed E-state index contributed by atoms with van der Waals surface area (Å²) < 4.78 is 5.66. The maximum atomic E-state index is 12.9. The molecule has 0 aliphatic carbocycles. The fourth-order valence-electron chi connectivity index (χ4n) is 3.34. The van der Waals surface area contributed by atoms with Gasteiger partial charge < -0.3 is 9.84 Å². The van der Waals surface area contributed by atoms with Gasteiger partial charge in [-0.2, -0.15) is 0 Å². The molecule has 1 N–H and O–H groups in total. The van der Waals surface area contributed by atoms with Crippen molar-refractivity contribution >= 4 is 17.4 Å². The first-order valence-corrected chi connectivity index (χ1v) is 9.43. The average molecular weight is 379 g/mol. The number of Topliss-reactive ketones (excluding diaryl/α,β-unsaturated/α-hetero) is 1. The fourth-order valence-corrected chi connectivity index (χ4v) is 3.34. The Kier molecular flexibility index (Phi) is 5.54. The van der Waals surface area contributed by atoms with Crippen LogP contribution < -0.4 is 9.64 Å². The normalized spacial score (nSPS) is 17.0. The number of amides is 1. The van der Waals surface area contributed by atoms with Crippen molar-refractivity contribution < 1.29 is 19.4 Å². The molecule has 0 radical (unpaired) electrons. The van der Waals surface area contributed by atoms with Crippen LogP contribution in [0, 0.1) is 5.92 Å². The molecule has 28 heavy (non-hydrogen) atoms. The predicted octanol–water partition coefficient (Wildman–Crippen LogP) is 4.60. The summed E-state index contributed by atoms with van der Waals surface area (Å²) >= 11 is 0. The van der Waals surface area contributed by atoms with Crippen LogP contribution in [0.1, 0.15) is 39.3 Å². The topological polar surface area (TPSA) is 66.8 Å². The van der Waals surface area contributed by atoms with E-state index in [9.17, 15) is 14.7 Å². The summed E-state index contributed by atoms with van der Waals surface area (Å²) in [6, 6.07) is 15.7. The number of aliphatic hydroxyl groups excluding tert-OH is 1. The lowest BCUT2D eigenvalue weighted by molar-refractivity contribution is -0.119. The molecule has 0 fully saturated rings. The van der Waals surface area contributed by atoms with Gasteiger partial charge in [-0.15, -0.1) is 0 Å². The van der Waals surface area contributed by atoms with Crippen molar-refractivity contribution in [2.24, 2.45) is 5.92 Å². The zero-order chi connectivity index (χ0) is 20.4. The Hall–Kier alpha value is -3.08. The van der Waals surface area contributed by atoms with Crippen molar-refractivity contribution in [3.05, 3.63) is 71.5 Å². The van der Waals surface area contributed by atoms with E-state index in [0.717, 1.165) is 5.56 Å². The summed E-state index contributed by atoms with van der Waals surface area (Å²) in [6.07, 6.45) is 0.0392. The molecule has 0 saturated heterocycles. The molecule has 1 unspecified atom stereocenters. The van der Waals surface area contributed by atoms with Crippen molar-refractivity contribution in [2.45, 2.75) is 39.8 Å². The monoisotopic (exact) mass is 379 g/mol. The number of hydrogen-bond donors (Lipinski definition) is 1. The molecule has 0 aromatic heterocycles. The van der Waals surface area contributed by atoms with Crippen LogP contribution in [0.3, 0.4) is 0 Å². The smallest absolute Gasteiger partial charge is 0.294 e. The molecule has 146 valence electrons. The van der Waals surface area contributed by atoms with E-state index in [1.165, 1.54) is 4.90 Å². The second-order valence-electron chi connectivity index (χ2n) is 7.43. The molecule has 1 heterocycles. The minimum absolute atomic E-state index is 0.0392. The molecule has 3 rings (SSSR count). The summed E-state index contributed by atoms with van der Waals surface area (Å²) in [5.74, 6) is -0.928. The molecule has 5 nitrogen and oxygen atoms in total. The van der Waals surface area contributed by atoms with Crippen LogP contribution in [-0.2, 0) is 9.59 Å². The van der Waals surface area contributed by atoms with Crippen molar-refractivity contribution in [1.82, 2.24) is 0 Å². The lowest BCUT2D eigenvalue weighted by Gasteiger charge is -2.27. The van der Waals surface area contributed by atoms with E-state index in [1.807, 2.05) is 44.2 Å². The number of ketones is 1. The first-order valence-electron chi connectivity index (χ1n) is 9.43. The highest BCUT2D eigenvalue weighted by atomic mass is 16.5. The Labute approximate surface area is 165 Å². The van der Waals surface area contributed by atoms with Crippen molar-refractivity contribution in [3.8, 4) is 5.75 Å². The molecule has 1 aliphatic heterocycles. The number of benzene rings is 2. The number of carbonyl (C=O) groups excluding carboxylic acids is 2. The number of hydrogen-bond acceptors (Lipinski definition) is 4. The highest BCUT2D eigenvalue weighted by Gasteiger charge is 2.44. The number of nitrogens with zero attached hydrogens (tertiary/aromatic N) is 1. The lowest BCUT2D eigenvalue weighted by Crippen LogP contribution is -2.31. The summed E-state index contributed by atoms with van der Waals surface area (Å²) in [7, 11) is 0. The highest BCUT2D eigenvalue weighted by Crippen LogP contribution is 2.42. The third-order valence-electron chi connectivity index (χ3n) is 4.60. The molecule has 5 heteroatoms. The maximum absolute atomic E-state index is 12.9. The van der Waals surface area contributed by atoms with E-state index in [0.29, 0.717) is 11.4 Å². The van der Waals surface area contributed by atoms with Gasteiger partial charge in [0.1, 0.15) is 5.75 Å². The Balaban J connectivity index is 2.07. The average Bonchev–Trinajstić information content (AvgIpc) is 2.93. The zero-order valence-electron chi connectivity index (χ0n) is 16.5. The molecule has 1 atom stereocenters. The molecule has 2 aromatic rings. The van der Waals surface area contributed by atoms with E-state index in [1.54, 1.807) is 38.1 Å². The van der Waals surface area contributed by atoms with E-state index in [-0.39, 0.29) is 23.4 Å². The molecular weight excluding hydrogens is 354 g/mol. The maximum Gasteiger partial charge on any atom is 0.294 e. The van der Waals surface area contributed by atoms with Gasteiger partial charge in [0.25, 0.3) is 5.91 Å². The quantitative estimate of drug-likeness (QED) is 0.797. The Morgan fingerprint density at radius 1 is 1.00 bits per heavy atom. The Morgan fingerprint density at radius 2 is 1.61 bits per heavy atom. The fraction of sp³-hybridized carbons (Fsp3) is 0.304. The predicted molar refractivity (Wildman–Crippen MR) is 108 cm³/mol. The van der Waals surface area contributed by atoms with Crippen molar-refractivity contribution in [3.63, 3.8) is 0 Å². The minimum Gasteiger partial charge on any atom is -0.503 e. The van der Waals surface area contributed by atoms with Gasteiger partial charge in [-0.05, 0) is 43.7 Å². The number of ether oxygens (including phenoxy) is 1. The van der Waals surface area contributed by atoms with Crippen LogP contribution in [0.5, 0.6) is 5.75 Å². The van der Waals surface area contributed by atoms with E-state index >= 15 is 0 Å². The number of aliphatic hydroxyl groups is 1. The van der Waals surface area contributed by atoms with Gasteiger partial charge in [0, 0.05) is 11.6 Å². The van der Waals surface area contributed by atoms with Crippen LogP contribution in [0.4, 0.5) is 5.69 Å². The van der Waals surface area contributed by atoms with Crippen LogP contribution in [0.25, 0.3) is 0 Å². The van der Waals surface area contributed by atoms with E-state index < -0.39 is 17.7 Å². The molecule has 2 aromatic carbocycles. The second-order valence-corrected chi connectivity index (χ2v) is 7.43. The van der Waals surface area contributed by atoms with E-state index in [2.05, 4.69) is 0 Å². The first-order chi connectivity index (χ1) is 13.3. The summed E-state index contributed by atoms with van der Waals surface area (Å²) in [6.45, 7) is 7.40. The number of rotatable bonds is 6. The standard InChI is InChI=1S/C23H25NO4/c1-14(2)21(25)19-20(16-8-6-5-7-9-16)24(23(27)22(19)26)17-10-12-18(13-11-17)28-15(3)4/h5-15,20,26H,1-4H3. The molecular formula is C23H25NO4. The summed E-state index contributed by atoms with van der Waals surface area (Å²) in [5, 5.41) is 10.6. The van der Waals surface area contributed by atoms with Gasteiger partial charge in [-0.25, -0.2) is 0 Å². The van der Waals surface area contributed by atoms with Crippen LogP contribution >= 0.6 is 0 Å². The highest BCUT2D eigenvalue weighted by molar-refractivity contribution is 6.16. The van der Waals surface area contributed by atoms with Gasteiger partial charge in [-0.3, -0.25) is 14.5 Å². The van der Waals surface area contributed by atoms with Crippen LogP contribution in [-0.4, -0.2) is 22.9 Å². The van der Waals surface area contributed by atoms with Crippen LogP contribution in [0.2, 0.25) is 0 Å². The number of anilines is 1. The van der Waals surface area contributed by atoms with Crippen LogP contribution in [0.15, 0.2) is 65.9 Å². The Morgan fingerprint density at radius 3 is 2.14 bits per heavy atom. The van der Waals surface area contributed by atoms with Gasteiger partial charge in [0.15, 0.2) is 11.5 Å². The zero-order valence-corrected chi connectivity index (χ0v) is 16.5. The first kappa shape index (κ1) is 19.7. The summed E-state index contributed by atoms with van der Waals surface area (Å²) in [4.78, 5) is 27.2. The molecule has 1 amide bonds. The largest absolute Gasteiger partial charge is 0.503 e. The number of carbonyl (C=O) groups is 2. The third-order valence-corrected chi connectivity index (χ3v) is 4.60. The minimum atomic E-state index is -0.666. The molecule has 0 spiro atoms. The van der Waals surface area contributed by atoms with Crippen molar-refractivity contribution in [2.75, 3.05) is 4.90 Å². The van der Waals surface area contributed by atoms with Gasteiger partial charge in [-0.1, -0.05) is 44.2 Å². The SMILES string of the molecule is CC(C)Oc1ccc(N2C(=O)C(O)=C(C(=O)C(C)C)C2c2ccccc2)cc1. The molecule has 0 saturated carbocycles. The molecule has 1 aliphatic rings. The summed E-state index contributed by atoms with van der Waals surface area (Å²) in [5.41, 5.74) is 1.51. The van der Waals surface area contributed by atoms with E-state index in [4.69, 9.17) is 4.74 Å². The lowest BCUT2D eigenvalue weighted by atomic mass is 9.91.